The lowest BCUT2D eigenvalue weighted by molar-refractivity contribution is 0.323. The lowest BCUT2D eigenvalue weighted by atomic mass is 9.77. The molecule has 0 saturated heterocycles. The molecule has 150 valence electrons. The van der Waals surface area contributed by atoms with Crippen LogP contribution >= 0.6 is 24.6 Å². The third-order valence-corrected chi connectivity index (χ3v) is 14.4. The van der Waals surface area contributed by atoms with E-state index in [4.69, 9.17) is 0 Å². The van der Waals surface area contributed by atoms with Crippen molar-refractivity contribution in [2.75, 3.05) is 0 Å². The van der Waals surface area contributed by atoms with E-state index in [-0.39, 0.29) is 0 Å². The number of rotatable bonds is 3. The summed E-state index contributed by atoms with van der Waals surface area (Å²) in [5.74, 6) is 0. The van der Waals surface area contributed by atoms with Crippen LogP contribution in [-0.4, -0.2) is 0 Å². The zero-order valence-electron chi connectivity index (χ0n) is 17.9. The van der Waals surface area contributed by atoms with Crippen LogP contribution in [0.25, 0.3) is 0 Å². The standard InChI is InChI=1S/C24H39P3/c1-22(13-7-4-8-14-22)19-25-20(23(2)15-9-5-10-16-23)27-21(26-19)24(3)17-11-6-12-18-24/h4-18H2,1-3H3. The van der Waals surface area contributed by atoms with Gasteiger partial charge in [0.15, 0.2) is 0 Å². The van der Waals surface area contributed by atoms with E-state index < -0.39 is 0 Å². The van der Waals surface area contributed by atoms with Gasteiger partial charge in [-0.25, -0.2) is 0 Å². The van der Waals surface area contributed by atoms with Gasteiger partial charge in [-0.2, -0.15) is 0 Å². The average molecular weight is 420 g/mol. The van der Waals surface area contributed by atoms with Crippen LogP contribution < -0.4 is 0 Å². The summed E-state index contributed by atoms with van der Waals surface area (Å²) >= 11 is 0. The first-order chi connectivity index (χ1) is 12.9. The van der Waals surface area contributed by atoms with Crippen LogP contribution in [0.5, 0.6) is 0 Å². The second kappa shape index (κ2) is 8.33. The summed E-state index contributed by atoms with van der Waals surface area (Å²) in [6.07, 6.45) is 21.9. The van der Waals surface area contributed by atoms with Crippen molar-refractivity contribution in [2.24, 2.45) is 0 Å². The fourth-order valence-electron chi connectivity index (χ4n) is 5.85. The Balaban J connectivity index is 1.78. The van der Waals surface area contributed by atoms with E-state index in [2.05, 4.69) is 20.8 Å². The van der Waals surface area contributed by atoms with Gasteiger partial charge in [-0.15, -0.1) is 0 Å². The van der Waals surface area contributed by atoms with E-state index in [1.165, 1.54) is 96.3 Å². The normalized spacial score (nSPS) is 28.1. The van der Waals surface area contributed by atoms with Crippen molar-refractivity contribution in [2.45, 2.75) is 133 Å². The molecule has 27 heavy (non-hydrogen) atoms. The second-order valence-corrected chi connectivity index (χ2v) is 15.1. The molecule has 1 aromatic heterocycles. The van der Waals surface area contributed by atoms with Gasteiger partial charge >= 0.3 is 0 Å². The Bertz CT molecular complexity index is 545. The zero-order chi connectivity index (χ0) is 19.0. The highest BCUT2D eigenvalue weighted by atomic mass is 31.1. The summed E-state index contributed by atoms with van der Waals surface area (Å²) < 4.78 is 0. The van der Waals surface area contributed by atoms with Crippen molar-refractivity contribution >= 4 is 24.6 Å². The van der Waals surface area contributed by atoms with Gasteiger partial charge in [0.05, 0.1) is 0 Å². The lowest BCUT2D eigenvalue weighted by Gasteiger charge is -2.40. The van der Waals surface area contributed by atoms with Crippen LogP contribution in [0, 0.1) is 0 Å². The quantitative estimate of drug-likeness (QED) is 0.456. The molecule has 1 aromatic rings. The molecular formula is C24H39P3. The molecule has 0 aromatic carbocycles. The first kappa shape index (κ1) is 20.8. The van der Waals surface area contributed by atoms with Gasteiger partial charge < -0.3 is 0 Å². The Morgan fingerprint density at radius 1 is 0.407 bits per heavy atom. The van der Waals surface area contributed by atoms with Gasteiger partial charge in [-0.1, -0.05) is 103 Å². The lowest BCUT2D eigenvalue weighted by Crippen LogP contribution is -2.27. The molecule has 0 nitrogen and oxygen atoms in total. The van der Waals surface area contributed by atoms with E-state index >= 15 is 0 Å². The molecule has 0 spiro atoms. The first-order valence-electron chi connectivity index (χ1n) is 11.7. The Labute approximate surface area is 173 Å². The Hall–Kier alpha value is 0.510. The molecule has 4 rings (SSSR count). The molecule has 0 atom stereocenters. The minimum Gasteiger partial charge on any atom is -0.0581 e. The molecule has 3 heteroatoms. The summed E-state index contributed by atoms with van der Waals surface area (Å²) in [7, 11) is 5.04. The molecule has 0 bridgehead atoms. The van der Waals surface area contributed by atoms with Gasteiger partial charge in [0.2, 0.25) is 0 Å². The molecule has 3 aliphatic rings. The molecule has 0 aliphatic heterocycles. The van der Waals surface area contributed by atoms with E-state index in [0.717, 1.165) is 0 Å². The summed E-state index contributed by atoms with van der Waals surface area (Å²) in [4.78, 5) is 0. The maximum atomic E-state index is 2.63. The van der Waals surface area contributed by atoms with Crippen LogP contribution in [0.2, 0.25) is 0 Å². The zero-order valence-corrected chi connectivity index (χ0v) is 20.6. The van der Waals surface area contributed by atoms with Gasteiger partial charge in [0.1, 0.15) is 0 Å². The van der Waals surface area contributed by atoms with Gasteiger partial charge in [0, 0.05) is 31.3 Å². The van der Waals surface area contributed by atoms with Crippen molar-refractivity contribution < 1.29 is 0 Å². The predicted octanol–water partition coefficient (Wildman–Crippen LogP) is 10.1. The monoisotopic (exact) mass is 420 g/mol. The molecule has 0 N–H and O–H groups in total. The molecule has 0 radical (unpaired) electrons. The van der Waals surface area contributed by atoms with Crippen molar-refractivity contribution in [3.63, 3.8) is 0 Å². The predicted molar refractivity (Wildman–Crippen MR) is 125 cm³/mol. The van der Waals surface area contributed by atoms with Crippen LogP contribution in [-0.2, 0) is 16.2 Å². The van der Waals surface area contributed by atoms with E-state index in [9.17, 15) is 0 Å². The summed E-state index contributed by atoms with van der Waals surface area (Å²) in [5, 5.41) is 5.72. The van der Waals surface area contributed by atoms with Gasteiger partial charge in [-0.3, -0.25) is 0 Å². The topological polar surface area (TPSA) is 0 Å². The Morgan fingerprint density at radius 3 is 0.852 bits per heavy atom. The first-order valence-corrected chi connectivity index (χ1v) is 14.4. The summed E-state index contributed by atoms with van der Waals surface area (Å²) in [6, 6.07) is 0. The van der Waals surface area contributed by atoms with Crippen LogP contribution in [0.15, 0.2) is 0 Å². The number of hydrogen-bond donors (Lipinski definition) is 0. The van der Waals surface area contributed by atoms with Crippen molar-refractivity contribution in [3.8, 4) is 0 Å². The molecule has 3 fully saturated rings. The number of hydrogen-bond acceptors (Lipinski definition) is 0. The largest absolute Gasteiger partial charge is 0.0581 e. The van der Waals surface area contributed by atoms with E-state index in [1.807, 2.05) is 15.1 Å². The minimum atomic E-state index is 0.518. The van der Waals surface area contributed by atoms with Gasteiger partial charge in [-0.05, 0) is 38.5 Å². The molecule has 1 heterocycles. The second-order valence-electron chi connectivity index (χ2n) is 10.7. The van der Waals surface area contributed by atoms with E-state index in [0.29, 0.717) is 16.2 Å². The van der Waals surface area contributed by atoms with Crippen LogP contribution in [0.3, 0.4) is 0 Å². The highest BCUT2D eigenvalue weighted by Crippen LogP contribution is 2.59. The maximum Gasteiger partial charge on any atom is 0.0138 e. The SMILES string of the molecule is CC1(c2pc(C3(C)CCCCC3)pc(C3(C)CCCCC3)p2)CCCCC1. The summed E-state index contributed by atoms with van der Waals surface area (Å²) in [5.41, 5.74) is 1.55. The fraction of sp³-hybridized carbons (Fsp3) is 0.875. The molecular weight excluding hydrogens is 381 g/mol. The highest BCUT2D eigenvalue weighted by Gasteiger charge is 2.38. The maximum absolute atomic E-state index is 2.63. The van der Waals surface area contributed by atoms with Crippen molar-refractivity contribution in [1.29, 1.82) is 0 Å². The smallest absolute Gasteiger partial charge is 0.0138 e. The molecule has 3 saturated carbocycles. The van der Waals surface area contributed by atoms with Crippen molar-refractivity contribution in [3.05, 3.63) is 15.1 Å². The molecule has 0 unspecified atom stereocenters. The Morgan fingerprint density at radius 2 is 0.630 bits per heavy atom. The average Bonchev–Trinajstić information content (AvgIpc) is 2.69. The third kappa shape index (κ3) is 4.35. The van der Waals surface area contributed by atoms with Gasteiger partial charge in [0.25, 0.3) is 0 Å². The third-order valence-electron chi connectivity index (χ3n) is 8.13. The fourth-order valence-corrected chi connectivity index (χ4v) is 12.5. The Kier molecular flexibility index (Phi) is 6.41. The highest BCUT2D eigenvalue weighted by molar-refractivity contribution is 7.61. The van der Waals surface area contributed by atoms with Crippen molar-refractivity contribution in [1.82, 2.24) is 0 Å². The molecule has 0 amide bonds. The summed E-state index contributed by atoms with van der Waals surface area (Å²) in [6.45, 7) is 7.89. The minimum absolute atomic E-state index is 0.518. The van der Waals surface area contributed by atoms with Crippen LogP contribution in [0.1, 0.15) is 132 Å². The van der Waals surface area contributed by atoms with Crippen LogP contribution in [0.4, 0.5) is 0 Å². The molecule has 3 aliphatic carbocycles. The van der Waals surface area contributed by atoms with E-state index in [1.54, 1.807) is 24.6 Å².